The number of nitrogens with two attached hydrogens (primary N) is 1. The van der Waals surface area contributed by atoms with Crippen molar-refractivity contribution in [3.63, 3.8) is 0 Å². The molecule has 2 rings (SSSR count). The molecular weight excluding hydrogens is 398 g/mol. The van der Waals surface area contributed by atoms with Crippen LogP contribution in [0.5, 0.6) is 5.75 Å². The zero-order chi connectivity index (χ0) is 17.9. The molecule has 0 aliphatic heterocycles. The van der Waals surface area contributed by atoms with Crippen LogP contribution in [0.15, 0.2) is 35.5 Å². The lowest BCUT2D eigenvalue weighted by molar-refractivity contribution is 0.0512. The molecule has 0 amide bonds. The minimum absolute atomic E-state index is 0.0626. The second-order valence-electron chi connectivity index (χ2n) is 4.45. The number of methoxy groups -OCH3 is 1. The van der Waals surface area contributed by atoms with Gasteiger partial charge in [0, 0.05) is 15.6 Å². The van der Waals surface area contributed by atoms with E-state index in [1.807, 2.05) is 0 Å². The lowest BCUT2D eigenvalue weighted by Gasteiger charge is -2.09. The summed E-state index contributed by atoms with van der Waals surface area (Å²) >= 11 is 23.7. The van der Waals surface area contributed by atoms with Gasteiger partial charge in [0.05, 0.1) is 17.2 Å². The number of carbonyl (C=O) groups excluding carboxylic acids is 1. The van der Waals surface area contributed by atoms with Gasteiger partial charge in [-0.25, -0.2) is 4.79 Å². The van der Waals surface area contributed by atoms with Crippen molar-refractivity contribution < 1.29 is 14.4 Å². The van der Waals surface area contributed by atoms with E-state index in [-0.39, 0.29) is 27.2 Å². The van der Waals surface area contributed by atoms with Gasteiger partial charge < -0.3 is 15.3 Å². The van der Waals surface area contributed by atoms with Crippen molar-refractivity contribution in [1.82, 2.24) is 0 Å². The monoisotopic (exact) mass is 406 g/mol. The minimum atomic E-state index is -0.879. The average molecular weight is 408 g/mol. The first-order valence-corrected chi connectivity index (χ1v) is 7.88. The van der Waals surface area contributed by atoms with Crippen molar-refractivity contribution in [2.75, 3.05) is 7.11 Å². The second-order valence-corrected chi connectivity index (χ2v) is 6.14. The van der Waals surface area contributed by atoms with E-state index in [9.17, 15) is 4.79 Å². The van der Waals surface area contributed by atoms with Gasteiger partial charge in [-0.2, -0.15) is 0 Å². The summed E-state index contributed by atoms with van der Waals surface area (Å²) in [6.45, 7) is 0. The molecule has 0 saturated carbocycles. The molecule has 0 spiro atoms. The van der Waals surface area contributed by atoms with E-state index < -0.39 is 5.97 Å². The number of rotatable bonds is 4. The number of benzene rings is 2. The number of halogens is 4. The van der Waals surface area contributed by atoms with E-state index in [2.05, 4.69) is 5.16 Å². The van der Waals surface area contributed by atoms with Crippen LogP contribution >= 0.6 is 46.4 Å². The first-order valence-electron chi connectivity index (χ1n) is 6.36. The Hall–Kier alpha value is -1.66. The fraction of sp³-hybridized carbons (Fsp3) is 0.0667. The van der Waals surface area contributed by atoms with Crippen LogP contribution in [-0.2, 0) is 4.84 Å². The number of hydrogen-bond donors (Lipinski definition) is 1. The number of amidine groups is 1. The maximum Gasteiger partial charge on any atom is 0.371 e. The zero-order valence-corrected chi connectivity index (χ0v) is 15.2. The van der Waals surface area contributed by atoms with Crippen LogP contribution in [0.1, 0.15) is 15.9 Å². The van der Waals surface area contributed by atoms with Crippen molar-refractivity contribution in [1.29, 1.82) is 0 Å². The number of carbonyl (C=O) groups is 1. The van der Waals surface area contributed by atoms with Crippen LogP contribution in [0.2, 0.25) is 20.1 Å². The average Bonchev–Trinajstić information content (AvgIpc) is 2.53. The minimum Gasteiger partial charge on any atom is -0.494 e. The fourth-order valence-electron chi connectivity index (χ4n) is 1.81. The van der Waals surface area contributed by atoms with Crippen LogP contribution in [-0.4, -0.2) is 18.9 Å². The van der Waals surface area contributed by atoms with Crippen LogP contribution in [0, 0.1) is 0 Å². The quantitative estimate of drug-likeness (QED) is 0.342. The number of nitrogens with zero attached hydrogens (tertiary/aromatic N) is 1. The zero-order valence-electron chi connectivity index (χ0n) is 12.1. The topological polar surface area (TPSA) is 73.9 Å². The summed E-state index contributed by atoms with van der Waals surface area (Å²) in [5.41, 5.74) is 6.09. The summed E-state index contributed by atoms with van der Waals surface area (Å²) in [5.74, 6) is -0.894. The Morgan fingerprint density at radius 2 is 1.62 bits per heavy atom. The molecule has 0 saturated heterocycles. The van der Waals surface area contributed by atoms with E-state index in [0.29, 0.717) is 15.6 Å². The Morgan fingerprint density at radius 1 is 1.04 bits per heavy atom. The van der Waals surface area contributed by atoms with Crippen molar-refractivity contribution in [2.45, 2.75) is 0 Å². The maximum absolute atomic E-state index is 12.2. The Morgan fingerprint density at radius 3 is 2.21 bits per heavy atom. The Balaban J connectivity index is 2.29. The van der Waals surface area contributed by atoms with Crippen molar-refractivity contribution in [3.8, 4) is 5.75 Å². The molecule has 24 heavy (non-hydrogen) atoms. The van der Waals surface area contributed by atoms with E-state index in [4.69, 9.17) is 61.7 Å². The molecule has 0 atom stereocenters. The molecule has 2 N–H and O–H groups in total. The lowest BCUT2D eigenvalue weighted by Crippen LogP contribution is -2.15. The number of hydrogen-bond acceptors (Lipinski definition) is 4. The van der Waals surface area contributed by atoms with Crippen LogP contribution in [0.3, 0.4) is 0 Å². The third-order valence-corrected chi connectivity index (χ3v) is 3.90. The highest BCUT2D eigenvalue weighted by Crippen LogP contribution is 2.34. The molecule has 0 aliphatic rings. The van der Waals surface area contributed by atoms with Crippen LogP contribution in [0.25, 0.3) is 0 Å². The number of oxime groups is 1. The van der Waals surface area contributed by atoms with Gasteiger partial charge in [-0.3, -0.25) is 0 Å². The highest BCUT2D eigenvalue weighted by molar-refractivity contribution is 6.37. The predicted octanol–water partition coefficient (Wildman–Crippen LogP) is 4.79. The highest BCUT2D eigenvalue weighted by atomic mass is 35.5. The van der Waals surface area contributed by atoms with Gasteiger partial charge in [0.25, 0.3) is 0 Å². The molecule has 0 radical (unpaired) electrons. The summed E-state index contributed by atoms with van der Waals surface area (Å²) in [5, 5.41) is 4.59. The highest BCUT2D eigenvalue weighted by Gasteiger charge is 2.21. The van der Waals surface area contributed by atoms with E-state index in [1.54, 1.807) is 0 Å². The molecule has 0 aromatic heterocycles. The van der Waals surface area contributed by atoms with Gasteiger partial charge in [-0.05, 0) is 30.3 Å². The molecule has 126 valence electrons. The molecule has 9 heteroatoms. The normalized spacial score (nSPS) is 11.3. The van der Waals surface area contributed by atoms with Crippen molar-refractivity contribution >= 4 is 58.2 Å². The SMILES string of the molecule is COc1c(Cl)ccc(Cl)c1C(=O)O/N=C(\N)c1cc(Cl)cc(Cl)c1. The summed E-state index contributed by atoms with van der Waals surface area (Å²) in [6.07, 6.45) is 0. The predicted molar refractivity (Wildman–Crippen MR) is 95.6 cm³/mol. The van der Waals surface area contributed by atoms with Gasteiger partial charge in [-0.15, -0.1) is 0 Å². The van der Waals surface area contributed by atoms with Gasteiger partial charge >= 0.3 is 5.97 Å². The second kappa shape index (κ2) is 7.94. The smallest absolute Gasteiger partial charge is 0.371 e. The molecular formula is C15H10Cl4N2O3. The molecule has 0 heterocycles. The van der Waals surface area contributed by atoms with Gasteiger partial charge in [0.15, 0.2) is 11.6 Å². The Kier molecular flexibility index (Phi) is 6.18. The standard InChI is InChI=1S/C15H10Cl4N2O3/c1-23-13-11(19)3-2-10(18)12(13)15(22)24-21-14(20)7-4-8(16)6-9(17)5-7/h2-6H,1H3,(H2,20,21). The van der Waals surface area contributed by atoms with Crippen molar-refractivity contribution in [3.05, 3.63) is 61.5 Å². The third kappa shape index (κ3) is 4.24. The number of ether oxygens (including phenoxy) is 1. The Bertz CT molecular complexity index is 804. The van der Waals surface area contributed by atoms with E-state index >= 15 is 0 Å². The lowest BCUT2D eigenvalue weighted by atomic mass is 10.2. The molecule has 2 aromatic rings. The molecule has 0 fully saturated rings. The molecule has 0 unspecified atom stereocenters. The largest absolute Gasteiger partial charge is 0.494 e. The summed E-state index contributed by atoms with van der Waals surface area (Å²) in [6, 6.07) is 7.50. The molecule has 0 bridgehead atoms. The summed E-state index contributed by atoms with van der Waals surface area (Å²) in [7, 11) is 1.35. The first kappa shape index (κ1) is 18.7. The fourth-order valence-corrected chi connectivity index (χ4v) is 2.80. The first-order chi connectivity index (χ1) is 11.3. The Labute approximate surface area is 157 Å². The third-order valence-electron chi connectivity index (χ3n) is 2.85. The molecule has 5 nitrogen and oxygen atoms in total. The molecule has 2 aromatic carbocycles. The van der Waals surface area contributed by atoms with E-state index in [0.717, 1.165) is 0 Å². The summed E-state index contributed by atoms with van der Waals surface area (Å²) < 4.78 is 5.07. The summed E-state index contributed by atoms with van der Waals surface area (Å²) in [4.78, 5) is 17.0. The molecule has 0 aliphatic carbocycles. The maximum atomic E-state index is 12.2. The van der Waals surface area contributed by atoms with Gasteiger partial charge in [0.2, 0.25) is 0 Å². The van der Waals surface area contributed by atoms with Crippen LogP contribution < -0.4 is 10.5 Å². The van der Waals surface area contributed by atoms with Crippen LogP contribution in [0.4, 0.5) is 0 Å². The van der Waals surface area contributed by atoms with Gasteiger partial charge in [-0.1, -0.05) is 51.6 Å². The van der Waals surface area contributed by atoms with E-state index in [1.165, 1.54) is 37.4 Å². The van der Waals surface area contributed by atoms with Crippen molar-refractivity contribution in [2.24, 2.45) is 10.9 Å². The van der Waals surface area contributed by atoms with Gasteiger partial charge in [0.1, 0.15) is 5.56 Å².